The number of rotatable bonds is 1. The van der Waals surface area contributed by atoms with E-state index in [2.05, 4.69) is 22.1 Å². The lowest BCUT2D eigenvalue weighted by Crippen LogP contribution is -1.92. The predicted octanol–water partition coefficient (Wildman–Crippen LogP) is 2.34. The van der Waals surface area contributed by atoms with E-state index in [4.69, 9.17) is 0 Å². The molecule has 0 aliphatic carbocycles. The maximum atomic E-state index is 4.48. The fourth-order valence-corrected chi connectivity index (χ4v) is 1.59. The Labute approximate surface area is 82.0 Å². The third-order valence-corrected chi connectivity index (χ3v) is 2.29. The Kier molecular flexibility index (Phi) is 1.47. The van der Waals surface area contributed by atoms with Gasteiger partial charge in [-0.15, -0.1) is 0 Å². The zero-order chi connectivity index (χ0) is 9.38. The number of nitrogens with zero attached hydrogens (tertiary/aromatic N) is 2. The Balaban J connectivity index is 2.05. The van der Waals surface area contributed by atoms with Gasteiger partial charge in [-0.1, -0.05) is 30.3 Å². The van der Waals surface area contributed by atoms with Crippen LogP contribution in [0.1, 0.15) is 5.56 Å². The molecule has 0 N–H and O–H groups in total. The summed E-state index contributed by atoms with van der Waals surface area (Å²) in [6.07, 6.45) is 5.74. The molecule has 0 bridgehead atoms. The third-order valence-electron chi connectivity index (χ3n) is 2.29. The maximum Gasteiger partial charge on any atom is 0.0909 e. The molecule has 66 valence electrons. The van der Waals surface area contributed by atoms with Gasteiger partial charge in [0.1, 0.15) is 0 Å². The van der Waals surface area contributed by atoms with Crippen molar-refractivity contribution in [1.29, 1.82) is 0 Å². The first-order valence-electron chi connectivity index (χ1n) is 4.54. The van der Waals surface area contributed by atoms with E-state index in [-0.39, 0.29) is 0 Å². The van der Waals surface area contributed by atoms with Crippen molar-refractivity contribution >= 4 is 11.9 Å². The van der Waals surface area contributed by atoms with Gasteiger partial charge in [-0.25, -0.2) is 4.99 Å². The average Bonchev–Trinajstić information content (AvgIpc) is 2.78. The van der Waals surface area contributed by atoms with Crippen LogP contribution in [0.5, 0.6) is 0 Å². The summed E-state index contributed by atoms with van der Waals surface area (Å²) >= 11 is 0. The summed E-state index contributed by atoms with van der Waals surface area (Å²) < 4.78 is 0. The highest BCUT2D eigenvalue weighted by atomic mass is 14.9. The third kappa shape index (κ3) is 1.04. The fourth-order valence-electron chi connectivity index (χ4n) is 1.59. The summed E-state index contributed by atoms with van der Waals surface area (Å²) in [7, 11) is 0. The summed E-state index contributed by atoms with van der Waals surface area (Å²) in [5.41, 5.74) is 4.10. The number of hydrogen-bond acceptors (Lipinski definition) is 2. The van der Waals surface area contributed by atoms with Gasteiger partial charge in [0.2, 0.25) is 0 Å². The first-order chi connectivity index (χ1) is 6.93. The lowest BCUT2D eigenvalue weighted by molar-refractivity contribution is 1.33. The van der Waals surface area contributed by atoms with Crippen LogP contribution in [0.2, 0.25) is 0 Å². The highest BCUT2D eigenvalue weighted by Crippen LogP contribution is 2.25. The summed E-state index contributed by atoms with van der Waals surface area (Å²) in [5, 5.41) is 0. The Hall–Kier alpha value is -1.96. The molecule has 2 heteroatoms. The minimum Gasteiger partial charge on any atom is -0.254 e. The molecule has 2 aliphatic rings. The van der Waals surface area contributed by atoms with E-state index in [1.807, 2.05) is 30.4 Å². The normalized spacial score (nSPS) is 17.6. The molecule has 0 unspecified atom stereocenters. The number of benzene rings is 1. The summed E-state index contributed by atoms with van der Waals surface area (Å²) in [4.78, 5) is 8.68. The van der Waals surface area contributed by atoms with Crippen LogP contribution < -0.4 is 0 Å². The molecule has 0 aromatic heterocycles. The Morgan fingerprint density at radius 1 is 0.929 bits per heavy atom. The minimum absolute atomic E-state index is 0.976. The molecule has 2 nitrogen and oxygen atoms in total. The lowest BCUT2D eigenvalue weighted by atomic mass is 10.1. The van der Waals surface area contributed by atoms with E-state index in [0.717, 1.165) is 22.7 Å². The second kappa shape index (κ2) is 2.77. The van der Waals surface area contributed by atoms with Gasteiger partial charge in [0, 0.05) is 11.8 Å². The quantitative estimate of drug-likeness (QED) is 0.633. The van der Waals surface area contributed by atoms with Gasteiger partial charge in [0.25, 0.3) is 0 Å². The van der Waals surface area contributed by atoms with Gasteiger partial charge >= 0.3 is 0 Å². The first-order valence-corrected chi connectivity index (χ1v) is 4.54. The number of hydrogen-bond donors (Lipinski definition) is 0. The van der Waals surface area contributed by atoms with Gasteiger partial charge in [-0.05, 0) is 12.2 Å². The highest BCUT2D eigenvalue weighted by molar-refractivity contribution is 6.12. The van der Waals surface area contributed by atoms with E-state index in [1.54, 1.807) is 6.21 Å². The zero-order valence-corrected chi connectivity index (χ0v) is 7.51. The molecular weight excluding hydrogens is 172 g/mol. The van der Waals surface area contributed by atoms with E-state index < -0.39 is 0 Å². The van der Waals surface area contributed by atoms with Gasteiger partial charge in [-0.3, -0.25) is 4.99 Å². The number of fused-ring (bicyclic) bond motifs is 1. The smallest absolute Gasteiger partial charge is 0.0909 e. The largest absolute Gasteiger partial charge is 0.254 e. The fraction of sp³-hybridized carbons (Fsp3) is 0. The molecule has 0 spiro atoms. The molecule has 3 rings (SSSR count). The Morgan fingerprint density at radius 2 is 1.79 bits per heavy atom. The second-order valence-corrected chi connectivity index (χ2v) is 3.22. The second-order valence-electron chi connectivity index (χ2n) is 3.22. The number of allylic oxidation sites excluding steroid dienone is 2. The Bertz CT molecular complexity index is 490. The molecule has 0 amide bonds. The van der Waals surface area contributed by atoms with E-state index >= 15 is 0 Å². The van der Waals surface area contributed by atoms with Crippen LogP contribution in [-0.2, 0) is 0 Å². The van der Waals surface area contributed by atoms with Gasteiger partial charge in [0.15, 0.2) is 0 Å². The highest BCUT2D eigenvalue weighted by Gasteiger charge is 2.16. The lowest BCUT2D eigenvalue weighted by Gasteiger charge is -1.95. The molecule has 1 aromatic rings. The van der Waals surface area contributed by atoms with E-state index in [1.165, 1.54) is 0 Å². The van der Waals surface area contributed by atoms with E-state index in [0.29, 0.717) is 0 Å². The van der Waals surface area contributed by atoms with Crippen molar-refractivity contribution in [3.63, 3.8) is 0 Å². The molecule has 0 saturated heterocycles. The van der Waals surface area contributed by atoms with Crippen LogP contribution >= 0.6 is 0 Å². The van der Waals surface area contributed by atoms with Crippen LogP contribution in [0.3, 0.4) is 0 Å². The molecule has 14 heavy (non-hydrogen) atoms. The van der Waals surface area contributed by atoms with Crippen LogP contribution in [0.25, 0.3) is 0 Å². The van der Waals surface area contributed by atoms with Crippen LogP contribution in [-0.4, -0.2) is 11.9 Å². The molecule has 0 saturated carbocycles. The van der Waals surface area contributed by atoms with Crippen molar-refractivity contribution in [2.45, 2.75) is 0 Å². The monoisotopic (exact) mass is 180 g/mol. The van der Waals surface area contributed by atoms with Gasteiger partial charge in [0.05, 0.1) is 17.1 Å². The molecule has 2 aliphatic heterocycles. The van der Waals surface area contributed by atoms with Crippen molar-refractivity contribution in [1.82, 2.24) is 0 Å². The minimum atomic E-state index is 0.976. The Morgan fingerprint density at radius 3 is 2.57 bits per heavy atom. The molecule has 1 aromatic carbocycles. The SMILES string of the molecule is C1=NC2=CC(c3ccccc3)=NC2=C1. The van der Waals surface area contributed by atoms with Gasteiger partial charge < -0.3 is 0 Å². The topological polar surface area (TPSA) is 24.7 Å². The zero-order valence-electron chi connectivity index (χ0n) is 7.51. The van der Waals surface area contributed by atoms with Crippen LogP contribution in [0, 0.1) is 0 Å². The van der Waals surface area contributed by atoms with Gasteiger partial charge in [-0.2, -0.15) is 0 Å². The standard InChI is InChI=1S/C12H8N2/c1-2-4-9(5-3-1)11-8-12-10(14-11)6-7-13-12/h1-8H. The molecule has 0 radical (unpaired) electrons. The van der Waals surface area contributed by atoms with Crippen molar-refractivity contribution in [3.8, 4) is 0 Å². The molecular formula is C12H8N2. The van der Waals surface area contributed by atoms with E-state index in [9.17, 15) is 0 Å². The van der Waals surface area contributed by atoms with Crippen molar-refractivity contribution in [3.05, 3.63) is 59.4 Å². The van der Waals surface area contributed by atoms with Crippen molar-refractivity contribution in [2.75, 3.05) is 0 Å². The van der Waals surface area contributed by atoms with Crippen molar-refractivity contribution in [2.24, 2.45) is 9.98 Å². The average molecular weight is 180 g/mol. The van der Waals surface area contributed by atoms with Crippen LogP contribution in [0.15, 0.2) is 63.9 Å². The first kappa shape index (κ1) is 7.44. The molecule has 2 heterocycles. The maximum absolute atomic E-state index is 4.48. The molecule has 0 atom stereocenters. The number of aliphatic imine (C=N–C) groups is 2. The predicted molar refractivity (Wildman–Crippen MR) is 57.6 cm³/mol. The summed E-state index contributed by atoms with van der Waals surface area (Å²) in [6, 6.07) is 10.1. The summed E-state index contributed by atoms with van der Waals surface area (Å²) in [6.45, 7) is 0. The van der Waals surface area contributed by atoms with Crippen LogP contribution in [0.4, 0.5) is 0 Å². The molecule has 0 fully saturated rings. The summed E-state index contributed by atoms with van der Waals surface area (Å²) in [5.74, 6) is 0. The van der Waals surface area contributed by atoms with Crippen molar-refractivity contribution < 1.29 is 0 Å².